The Morgan fingerprint density at radius 2 is 1.97 bits per heavy atom. The molecule has 0 bridgehead atoms. The maximum Gasteiger partial charge on any atom is 0.451 e. The number of nitriles is 1. The average molecular weight is 529 g/mol. The quantitative estimate of drug-likeness (QED) is 0.189. The zero-order valence-electron chi connectivity index (χ0n) is 19.5. The van der Waals surface area contributed by atoms with Crippen LogP contribution in [-0.2, 0) is 6.18 Å². The number of aromatic nitrogens is 6. The molecule has 38 heavy (non-hydrogen) atoms. The van der Waals surface area contributed by atoms with Crippen LogP contribution in [0.25, 0.3) is 16.8 Å². The Morgan fingerprint density at radius 3 is 2.55 bits per heavy atom. The number of nitrogens with one attached hydrogen (secondary N) is 1. The fourth-order valence-electron chi connectivity index (χ4n) is 3.88. The van der Waals surface area contributed by atoms with Crippen molar-refractivity contribution < 1.29 is 27.4 Å². The molecule has 5 N–H and O–H groups in total. The van der Waals surface area contributed by atoms with Crippen LogP contribution in [0.2, 0.25) is 0 Å². The van der Waals surface area contributed by atoms with Gasteiger partial charge in [-0.1, -0.05) is 12.1 Å². The van der Waals surface area contributed by atoms with Gasteiger partial charge in [-0.15, -0.1) is 5.10 Å². The van der Waals surface area contributed by atoms with Gasteiger partial charge in [0.15, 0.2) is 11.6 Å². The molecule has 0 fully saturated rings. The molecule has 4 rings (SSSR count). The van der Waals surface area contributed by atoms with E-state index in [2.05, 4.69) is 36.3 Å². The highest BCUT2D eigenvalue weighted by Crippen LogP contribution is 2.37. The minimum Gasteiger partial charge on any atom is -0.361 e. The first kappa shape index (κ1) is 26.1. The molecule has 1 unspecified atom stereocenters. The van der Waals surface area contributed by atoms with Gasteiger partial charge in [-0.25, -0.2) is 23.4 Å². The van der Waals surface area contributed by atoms with Gasteiger partial charge in [0.2, 0.25) is 5.82 Å². The Hall–Kier alpha value is -5.00. The lowest BCUT2D eigenvalue weighted by Crippen LogP contribution is -2.30. The largest absolute Gasteiger partial charge is 0.451 e. The van der Waals surface area contributed by atoms with Crippen LogP contribution in [0.1, 0.15) is 47.7 Å². The zero-order chi connectivity index (χ0) is 27.6. The van der Waals surface area contributed by atoms with E-state index < -0.39 is 29.6 Å². The smallest absolute Gasteiger partial charge is 0.361 e. The number of amidine groups is 1. The number of benzene rings is 1. The first-order chi connectivity index (χ1) is 18.1. The summed E-state index contributed by atoms with van der Waals surface area (Å²) in [5, 5.41) is 23.5. The molecule has 0 amide bonds. The molecule has 4 aromatic rings. The van der Waals surface area contributed by atoms with Crippen LogP contribution < -0.4 is 11.1 Å². The van der Waals surface area contributed by atoms with Crippen molar-refractivity contribution in [2.24, 2.45) is 10.7 Å². The predicted octanol–water partition coefficient (Wildman–Crippen LogP) is 2.26. The number of alkyl halides is 3. The highest BCUT2D eigenvalue weighted by molar-refractivity contribution is 6.05. The van der Waals surface area contributed by atoms with E-state index in [9.17, 15) is 27.2 Å². The lowest BCUT2D eigenvalue weighted by atomic mass is 9.93. The van der Waals surface area contributed by atoms with Crippen LogP contribution in [0.3, 0.4) is 0 Å². The molecule has 0 saturated carbocycles. The van der Waals surface area contributed by atoms with Crippen LogP contribution in [0.15, 0.2) is 41.8 Å². The molecule has 10 nitrogen and oxygen atoms in total. The van der Waals surface area contributed by atoms with Crippen LogP contribution in [0.4, 0.5) is 22.0 Å². The minimum absolute atomic E-state index is 0.0350. The summed E-state index contributed by atoms with van der Waals surface area (Å²) in [6, 6.07) is 5.27. The number of hydrogen-bond acceptors (Lipinski definition) is 5. The van der Waals surface area contributed by atoms with E-state index in [1.54, 1.807) is 6.92 Å². The second-order valence-corrected chi connectivity index (χ2v) is 7.88. The highest BCUT2D eigenvalue weighted by atomic mass is 19.4. The molecule has 0 aliphatic rings. The Morgan fingerprint density at radius 1 is 1.26 bits per heavy atom. The third-order valence-corrected chi connectivity index (χ3v) is 5.60. The van der Waals surface area contributed by atoms with Crippen molar-refractivity contribution in [3.8, 4) is 22.9 Å². The number of rotatable bonds is 7. The summed E-state index contributed by atoms with van der Waals surface area (Å²) in [4.78, 5) is 13.6. The van der Waals surface area contributed by atoms with E-state index in [1.807, 2.05) is 0 Å². The first-order valence-corrected chi connectivity index (χ1v) is 10.9. The van der Waals surface area contributed by atoms with E-state index in [4.69, 9.17) is 11.1 Å². The lowest BCUT2D eigenvalue weighted by molar-refractivity contribution is -0.145. The summed E-state index contributed by atoms with van der Waals surface area (Å²) < 4.78 is 67.3. The normalized spacial score (nSPS) is 12.8. The van der Waals surface area contributed by atoms with Gasteiger partial charge in [0.05, 0.1) is 23.1 Å². The van der Waals surface area contributed by atoms with E-state index in [1.165, 1.54) is 16.9 Å². The van der Waals surface area contributed by atoms with E-state index >= 15 is 0 Å². The Labute approximate surface area is 211 Å². The molecule has 0 saturated heterocycles. The van der Waals surface area contributed by atoms with E-state index in [0.717, 1.165) is 30.9 Å². The van der Waals surface area contributed by atoms with Crippen LogP contribution in [0, 0.1) is 23.0 Å². The molecule has 15 heteroatoms. The molecular weight excluding hydrogens is 511 g/mol. The maximum absolute atomic E-state index is 13.7. The molecule has 194 valence electrons. The number of hydrogen-bond donors (Lipinski definition) is 3. The van der Waals surface area contributed by atoms with Gasteiger partial charge in [-0.2, -0.15) is 18.4 Å². The van der Waals surface area contributed by atoms with Crippen molar-refractivity contribution in [1.29, 1.82) is 5.26 Å². The average Bonchev–Trinajstić information content (AvgIpc) is 3.52. The molecule has 0 aliphatic carbocycles. The topological polar surface area (TPSA) is 160 Å². The lowest BCUT2D eigenvalue weighted by Gasteiger charge is -2.11. The van der Waals surface area contributed by atoms with Crippen LogP contribution in [0.5, 0.6) is 0 Å². The van der Waals surface area contributed by atoms with Crippen molar-refractivity contribution in [3.05, 3.63) is 76.9 Å². The second-order valence-electron chi connectivity index (χ2n) is 7.88. The summed E-state index contributed by atoms with van der Waals surface area (Å²) in [7, 11) is 0. The van der Waals surface area contributed by atoms with Gasteiger partial charge in [-0.3, -0.25) is 5.41 Å². The number of aliphatic imine (C=N–C) groups is 1. The van der Waals surface area contributed by atoms with E-state index in [-0.39, 0.29) is 33.9 Å². The first-order valence-electron chi connectivity index (χ1n) is 10.9. The molecule has 1 aromatic carbocycles. The van der Waals surface area contributed by atoms with Gasteiger partial charge in [0, 0.05) is 41.2 Å². The predicted molar refractivity (Wildman–Crippen MR) is 124 cm³/mol. The van der Waals surface area contributed by atoms with Gasteiger partial charge >= 0.3 is 6.18 Å². The monoisotopic (exact) mass is 529 g/mol. The van der Waals surface area contributed by atoms with Gasteiger partial charge < -0.3 is 10.7 Å². The van der Waals surface area contributed by atoms with Gasteiger partial charge in [-0.05, 0) is 23.5 Å². The number of nitrogens with two attached hydrogens (primary N) is 2. The van der Waals surface area contributed by atoms with Crippen molar-refractivity contribution in [3.63, 3.8) is 0 Å². The molecule has 3 heterocycles. The molecule has 0 radical (unpaired) electrons. The van der Waals surface area contributed by atoms with Crippen molar-refractivity contribution in [2.45, 2.75) is 25.4 Å². The minimum atomic E-state index is -4.76. The fourth-order valence-corrected chi connectivity index (χ4v) is 3.88. The van der Waals surface area contributed by atoms with Crippen LogP contribution >= 0.6 is 0 Å². The molecular formula is C23H18F5N10+. The molecule has 3 aromatic heterocycles. The van der Waals surface area contributed by atoms with E-state index in [0.29, 0.717) is 17.8 Å². The fraction of sp³-hybridized carbons (Fsp3) is 0.174. The third kappa shape index (κ3) is 4.83. The summed E-state index contributed by atoms with van der Waals surface area (Å²) in [6.07, 6.45) is -0.133. The van der Waals surface area contributed by atoms with Crippen molar-refractivity contribution in [1.82, 2.24) is 29.9 Å². The standard InChI is InChI=1S/C23H17F5N10/c1-2-13(17-9-38(37-36-17)12-3-4-15(24)16(25)5-12)19-14(6-29)18(20(35-19)21(31)34-10-30)11-7-32-22(33-8-11)23(26,27)28/h3-5,7-10,13,35H,2H2,1H3,(H3,30,31,34)/p+1. The summed E-state index contributed by atoms with van der Waals surface area (Å²) >= 11 is 0. The molecule has 0 spiro atoms. The number of nitrogens with zero attached hydrogens (tertiary/aromatic N) is 7. The van der Waals surface area contributed by atoms with Crippen molar-refractivity contribution in [2.75, 3.05) is 0 Å². The molecule has 1 atom stereocenters. The zero-order valence-corrected chi connectivity index (χ0v) is 19.5. The van der Waals surface area contributed by atoms with Crippen LogP contribution in [-0.4, -0.2) is 42.1 Å². The maximum atomic E-state index is 13.7. The Kier molecular flexibility index (Phi) is 6.98. The summed E-state index contributed by atoms with van der Waals surface area (Å²) in [5.74, 6) is -4.19. The SMILES string of the molecule is CCC(c1cn(-c2ccc(F)c(F)c2)nn1)c1[nH]c(C(N)=NC=[NH2+])c(-c2cnc(C(F)(F)F)nc2)c1C#N. The number of H-pyrrole nitrogens is 1. The van der Waals surface area contributed by atoms with Crippen molar-refractivity contribution >= 4 is 12.2 Å². The Balaban J connectivity index is 1.85. The van der Waals surface area contributed by atoms with Gasteiger partial charge in [0.1, 0.15) is 11.8 Å². The van der Waals surface area contributed by atoms with Gasteiger partial charge in [0.25, 0.3) is 12.2 Å². The third-order valence-electron chi connectivity index (χ3n) is 5.60. The summed E-state index contributed by atoms with van der Waals surface area (Å²) in [6.45, 7) is 1.80. The highest BCUT2D eigenvalue weighted by Gasteiger charge is 2.35. The second kappa shape index (κ2) is 10.2. The molecule has 0 aliphatic heterocycles. The Bertz CT molecular complexity index is 1560. The summed E-state index contributed by atoms with van der Waals surface area (Å²) in [5.41, 5.74) is 7.26. The number of halogens is 5. The number of aromatic amines is 1.